The quantitative estimate of drug-likeness (QED) is 0.0561. The van der Waals surface area contributed by atoms with Crippen LogP contribution in [0.4, 0.5) is 0 Å². The summed E-state index contributed by atoms with van der Waals surface area (Å²) < 4.78 is 0. The molecule has 518 valence electrons. The highest BCUT2D eigenvalue weighted by atomic mass is 33.5. The molecule has 19 nitrogen and oxygen atoms in total. The standard InChI is InChI=1S/C27H36N6O4S2.C23H26N4O5S2.CH4.S20/c1-16(2)6-7-20(34)23-17(27(8-9-27)31-25(23)37)12-22(35)33(5)13-21-29-19(15-38-21)26-30-18(14-39-26)24(36)28-10-11-32(3)4;1-12(2)4-5-16(28)19-13(23(6-7-23)26-20(19)30)8-18(29)27(3)9-17-24-14(10-33-17)21-25-15(11-34-21)22(31)32;;1-3-5-7-9-11-13-15-17-19-20-18-16-14-12-10-8-6-4-2/h14-16H,6-13H2,1-5H3,(H,28,36)(H,31,37);10-12H,4-9H2,1-3H3,(H,26,30)(H,31,32);1H4;. The van der Waals surface area contributed by atoms with Gasteiger partial charge in [-0.05, 0) is 75.6 Å². The summed E-state index contributed by atoms with van der Waals surface area (Å²) in [6, 6.07) is 0. The molecule has 8 rings (SSSR count). The Morgan fingerprint density at radius 2 is 0.926 bits per heavy atom. The van der Waals surface area contributed by atoms with E-state index in [1.807, 2.05) is 52.1 Å². The predicted molar refractivity (Wildman–Crippen MR) is 433 cm³/mol. The minimum absolute atomic E-state index is 0. The molecular formula is C51H66N10O9S24. The number of ketones is 2. The number of aromatic nitrogens is 4. The Hall–Kier alpha value is -1.48. The van der Waals surface area contributed by atoms with E-state index in [2.05, 4.69) is 35.9 Å². The number of carbonyl (C=O) groups is 8. The van der Waals surface area contributed by atoms with Gasteiger partial charge < -0.3 is 35.8 Å². The van der Waals surface area contributed by atoms with Gasteiger partial charge in [-0.1, -0.05) is 35.1 Å². The fourth-order valence-electron chi connectivity index (χ4n) is 8.53. The van der Waals surface area contributed by atoms with E-state index in [-0.39, 0.29) is 84.8 Å². The van der Waals surface area contributed by atoms with Gasteiger partial charge >= 0.3 is 5.97 Å². The van der Waals surface area contributed by atoms with Crippen molar-refractivity contribution in [3.63, 3.8) is 0 Å². The van der Waals surface area contributed by atoms with Crippen LogP contribution in [-0.4, -0.2) is 139 Å². The molecule has 94 heavy (non-hydrogen) atoms. The Bertz CT molecular complexity index is 4380. The molecule has 4 aromatic heterocycles. The molecule has 0 unspecified atom stereocenters. The number of thiazole rings is 4. The Morgan fingerprint density at radius 1 is 0.564 bits per heavy atom. The van der Waals surface area contributed by atoms with E-state index >= 15 is 0 Å². The summed E-state index contributed by atoms with van der Waals surface area (Å²) in [5.41, 5.74) is 2.16. The second-order valence-electron chi connectivity index (χ2n) is 21.3. The van der Waals surface area contributed by atoms with Gasteiger partial charge in [-0.2, -0.15) is 0 Å². The molecule has 5 amide bonds. The summed E-state index contributed by atoms with van der Waals surface area (Å²) in [5, 5.41) is 27.2. The Balaban J connectivity index is 0.000000267. The topological polar surface area (TPSA) is 254 Å². The highest BCUT2D eigenvalue weighted by Gasteiger charge is 2.56. The van der Waals surface area contributed by atoms with Crippen molar-refractivity contribution < 1.29 is 43.5 Å². The summed E-state index contributed by atoms with van der Waals surface area (Å²) in [5.74, 6) is -2.01. The number of carboxylic acid groups (broad SMARTS) is 1. The molecule has 6 heterocycles. The average molecular weight is 1730 g/mol. The molecule has 43 heteroatoms. The average Bonchev–Trinajstić information content (AvgIpc) is 1.58. The molecule has 4 aromatic rings. The molecule has 0 radical (unpaired) electrons. The van der Waals surface area contributed by atoms with Gasteiger partial charge in [0.1, 0.15) is 37.1 Å². The fraction of sp³-hybridized carbons (Fsp3) is 0.529. The van der Waals surface area contributed by atoms with Gasteiger partial charge in [0, 0.05) is 244 Å². The lowest BCUT2D eigenvalue weighted by molar-refractivity contribution is -0.130. The van der Waals surface area contributed by atoms with Crippen LogP contribution in [0.5, 0.6) is 0 Å². The van der Waals surface area contributed by atoms with Gasteiger partial charge in [0.05, 0.1) is 48.2 Å². The van der Waals surface area contributed by atoms with E-state index < -0.39 is 17.0 Å². The first-order chi connectivity index (χ1) is 44.5. The SMILES string of the molecule is C.CC(C)CCC(=O)C1=C(CC(=O)N(C)Cc2nc(-c3nc(C(=O)NCCN(C)C)cs3)cs2)C2(CC2)NC1=O.CC(C)CCC(=O)C1=C(CC(=O)N(C)Cc2nc(-c3nc(C(=O)O)cs3)cs2)C2(CC2)NC1=O.S=S=S=S=S=S=S=S=S=S=S=S=S=S=S=S=S=S=S=S. The van der Waals surface area contributed by atoms with E-state index in [1.54, 1.807) is 172 Å². The van der Waals surface area contributed by atoms with Gasteiger partial charge in [-0.3, -0.25) is 33.6 Å². The maximum Gasteiger partial charge on any atom is 0.355 e. The number of hydrogen-bond donors (Lipinski definition) is 4. The van der Waals surface area contributed by atoms with Crippen LogP contribution >= 0.6 is 45.3 Å². The van der Waals surface area contributed by atoms with Crippen molar-refractivity contribution in [1.29, 1.82) is 0 Å². The van der Waals surface area contributed by atoms with E-state index in [1.165, 1.54) is 73.4 Å². The highest BCUT2D eigenvalue weighted by molar-refractivity contribution is 8.78. The zero-order valence-electron chi connectivity index (χ0n) is 50.5. The van der Waals surface area contributed by atoms with E-state index in [0.29, 0.717) is 93.9 Å². The van der Waals surface area contributed by atoms with Gasteiger partial charge in [0.15, 0.2) is 17.3 Å². The van der Waals surface area contributed by atoms with E-state index in [4.69, 9.17) is 27.5 Å². The molecule has 2 fully saturated rings. The lowest BCUT2D eigenvalue weighted by Gasteiger charge is -2.19. The first kappa shape index (κ1) is 83.2. The molecule has 0 aromatic carbocycles. The smallest absolute Gasteiger partial charge is 0.355 e. The minimum atomic E-state index is -1.09. The highest BCUT2D eigenvalue weighted by Crippen LogP contribution is 2.50. The maximum absolute atomic E-state index is 13.2. The Morgan fingerprint density at radius 3 is 1.26 bits per heavy atom. The number of likely N-dealkylation sites (N-methyl/N-ethyl adjacent to an activating group) is 1. The van der Waals surface area contributed by atoms with Crippen LogP contribution in [0.2, 0.25) is 0 Å². The Labute approximate surface area is 623 Å². The molecule has 0 saturated heterocycles. The number of rotatable bonds is 23. The lowest BCUT2D eigenvalue weighted by atomic mass is 9.93. The number of nitrogens with zero attached hydrogens (tertiary/aromatic N) is 7. The maximum atomic E-state index is 13.2. The number of Topliss-reactive ketones (excluding diaryl/α,β-unsaturated/α-hetero) is 2. The second kappa shape index (κ2) is 42.7. The summed E-state index contributed by atoms with van der Waals surface area (Å²) >= 11 is 14.8. The number of aromatic carboxylic acids is 1. The summed E-state index contributed by atoms with van der Waals surface area (Å²) in [7, 11) is 38.1. The van der Waals surface area contributed by atoms with Crippen LogP contribution < -0.4 is 16.0 Å². The molecule has 2 saturated carbocycles. The van der Waals surface area contributed by atoms with E-state index in [9.17, 15) is 38.4 Å². The predicted octanol–water partition coefficient (Wildman–Crippen LogP) is 6.74. The van der Waals surface area contributed by atoms with Crippen LogP contribution in [0.1, 0.15) is 130 Å². The first-order valence-corrected chi connectivity index (χ1v) is 56.2. The van der Waals surface area contributed by atoms with Gasteiger partial charge in [0.25, 0.3) is 17.7 Å². The zero-order valence-corrected chi connectivity index (χ0v) is 70.1. The number of amides is 5. The molecule has 2 aliphatic heterocycles. The van der Waals surface area contributed by atoms with Crippen LogP contribution in [-0.2, 0) is 224 Å². The lowest BCUT2D eigenvalue weighted by Crippen LogP contribution is -2.33. The van der Waals surface area contributed by atoms with Gasteiger partial charge in [0.2, 0.25) is 11.8 Å². The third-order valence-electron chi connectivity index (χ3n) is 13.4. The Kier molecular flexibility index (Phi) is 37.8. The molecule has 0 bridgehead atoms. The molecule has 4 N–H and O–H groups in total. The summed E-state index contributed by atoms with van der Waals surface area (Å²) in [6.45, 7) is 9.98. The van der Waals surface area contributed by atoms with Crippen molar-refractivity contribution in [3.8, 4) is 21.4 Å². The first-order valence-electron chi connectivity index (χ1n) is 27.4. The summed E-state index contributed by atoms with van der Waals surface area (Å²) in [4.78, 5) is 123. The van der Waals surface area contributed by atoms with Crippen molar-refractivity contribution >= 4 is 275 Å². The largest absolute Gasteiger partial charge is 0.476 e. The van der Waals surface area contributed by atoms with E-state index in [0.717, 1.165) is 37.2 Å². The van der Waals surface area contributed by atoms with Gasteiger partial charge in [-0.15, -0.1) is 45.3 Å². The van der Waals surface area contributed by atoms with Gasteiger partial charge in [-0.25, -0.2) is 24.7 Å². The number of carbonyl (C=O) groups excluding carboxylic acids is 7. The van der Waals surface area contributed by atoms with Crippen molar-refractivity contribution in [2.75, 3.05) is 41.3 Å². The zero-order chi connectivity index (χ0) is 67.7. The molecule has 0 atom stereocenters. The number of hydrogen-bond acceptors (Lipinski definition) is 19. The number of carboxylic acids is 1. The molecule has 2 spiro atoms. The van der Waals surface area contributed by atoms with Crippen LogP contribution in [0.25, 0.3) is 21.4 Å². The van der Waals surface area contributed by atoms with Crippen molar-refractivity contribution in [2.45, 2.75) is 123 Å². The third-order valence-corrected chi connectivity index (χ3v) is 54.6. The van der Waals surface area contributed by atoms with Crippen molar-refractivity contribution in [3.05, 3.63) is 65.2 Å². The molecule has 2 aliphatic carbocycles. The molecule has 4 aliphatic rings. The normalized spacial score (nSPS) is 14.0. The molecular weight excluding hydrogens is 1670 g/mol. The summed E-state index contributed by atoms with van der Waals surface area (Å²) in [6.07, 6.45) is 5.06. The van der Waals surface area contributed by atoms with Crippen molar-refractivity contribution in [2.24, 2.45) is 11.8 Å². The third kappa shape index (κ3) is 27.1. The fourth-order valence-corrected chi connectivity index (χ4v) is 55.8. The van der Waals surface area contributed by atoms with Crippen LogP contribution in [0.15, 0.2) is 43.8 Å². The minimum Gasteiger partial charge on any atom is -0.476 e. The van der Waals surface area contributed by atoms with Crippen LogP contribution in [0.3, 0.4) is 0 Å². The second-order valence-corrected chi connectivity index (χ2v) is 56.7. The number of nitrogens with one attached hydrogen (secondary N) is 3. The van der Waals surface area contributed by atoms with Crippen LogP contribution in [0, 0.1) is 11.8 Å². The van der Waals surface area contributed by atoms with Crippen molar-refractivity contribution in [1.82, 2.24) is 50.6 Å². The monoisotopic (exact) mass is 1730 g/mol.